The second-order valence-electron chi connectivity index (χ2n) is 5.14. The van der Waals surface area contributed by atoms with Crippen LogP contribution >= 0.6 is 24.0 Å². The summed E-state index contributed by atoms with van der Waals surface area (Å²) in [6, 6.07) is 4.96. The summed E-state index contributed by atoms with van der Waals surface area (Å²) in [4.78, 5) is 4.11. The van der Waals surface area contributed by atoms with Crippen LogP contribution in [0.25, 0.3) is 0 Å². The van der Waals surface area contributed by atoms with Gasteiger partial charge in [0.15, 0.2) is 17.5 Å². The van der Waals surface area contributed by atoms with Crippen LogP contribution < -0.4 is 20.1 Å². The second-order valence-corrected chi connectivity index (χ2v) is 5.14. The normalized spacial score (nSPS) is 12.8. The number of nitrogens with one attached hydrogen (secondary N) is 2. The van der Waals surface area contributed by atoms with Crippen LogP contribution in [0, 0.1) is 0 Å². The first-order valence-electron chi connectivity index (χ1n) is 7.79. The van der Waals surface area contributed by atoms with Gasteiger partial charge in [-0.05, 0) is 24.6 Å². The van der Waals surface area contributed by atoms with Crippen molar-refractivity contribution in [2.75, 3.05) is 33.9 Å². The first-order chi connectivity index (χ1) is 11.8. The summed E-state index contributed by atoms with van der Waals surface area (Å²) in [6.07, 6.45) is -6.13. The maximum atomic E-state index is 12.2. The van der Waals surface area contributed by atoms with Crippen molar-refractivity contribution in [3.8, 4) is 11.5 Å². The molecule has 0 aromatic heterocycles. The minimum Gasteiger partial charge on any atom is -0.493 e. The molecule has 26 heavy (non-hydrogen) atoms. The number of guanidine groups is 1. The van der Waals surface area contributed by atoms with E-state index in [-0.39, 0.29) is 43.0 Å². The number of benzene rings is 1. The van der Waals surface area contributed by atoms with Crippen LogP contribution in [0.1, 0.15) is 25.0 Å². The minimum atomic E-state index is -4.23. The predicted molar refractivity (Wildman–Crippen MR) is 105 cm³/mol. The Morgan fingerprint density at radius 3 is 2.38 bits per heavy atom. The Bertz CT molecular complexity index is 571. The van der Waals surface area contributed by atoms with E-state index in [2.05, 4.69) is 15.6 Å². The van der Waals surface area contributed by atoms with E-state index in [9.17, 15) is 18.3 Å². The molecule has 0 saturated heterocycles. The molecule has 0 aliphatic heterocycles. The van der Waals surface area contributed by atoms with Crippen LogP contribution in [0.5, 0.6) is 11.5 Å². The van der Waals surface area contributed by atoms with Gasteiger partial charge in [0.1, 0.15) is 0 Å². The maximum Gasteiger partial charge on any atom is 0.390 e. The zero-order valence-corrected chi connectivity index (χ0v) is 17.2. The summed E-state index contributed by atoms with van der Waals surface area (Å²) >= 11 is 0. The Balaban J connectivity index is 0.00000625. The average molecular weight is 491 g/mol. The van der Waals surface area contributed by atoms with Gasteiger partial charge in [-0.25, -0.2) is 0 Å². The van der Waals surface area contributed by atoms with Crippen LogP contribution in [0.15, 0.2) is 23.2 Å². The van der Waals surface area contributed by atoms with E-state index in [0.29, 0.717) is 23.6 Å². The van der Waals surface area contributed by atoms with Crippen molar-refractivity contribution < 1.29 is 27.8 Å². The Morgan fingerprint density at radius 1 is 1.19 bits per heavy atom. The molecule has 0 aliphatic rings. The van der Waals surface area contributed by atoms with Crippen LogP contribution in [-0.4, -0.2) is 51.1 Å². The number of rotatable bonds is 8. The summed E-state index contributed by atoms with van der Waals surface area (Å²) < 4.78 is 46.9. The molecule has 0 amide bonds. The number of hydrogen-bond donors (Lipinski definition) is 3. The van der Waals surface area contributed by atoms with Gasteiger partial charge in [0.2, 0.25) is 0 Å². The van der Waals surface area contributed by atoms with Gasteiger partial charge < -0.3 is 25.2 Å². The van der Waals surface area contributed by atoms with E-state index < -0.39 is 18.7 Å². The Hall–Kier alpha value is -1.43. The second kappa shape index (κ2) is 12.0. The standard InChI is InChI=1S/C16H24F3N3O3.HI/c1-4-20-15(21-8-7-16(17,18)19)22-10-12(23)11-5-6-13(24-2)14(9-11)25-3;/h5-6,9,12,23H,4,7-8,10H2,1-3H3,(H2,20,21,22);1H. The van der Waals surface area contributed by atoms with E-state index in [1.165, 1.54) is 14.2 Å². The van der Waals surface area contributed by atoms with Crippen molar-refractivity contribution in [1.82, 2.24) is 10.6 Å². The number of ether oxygens (including phenoxy) is 2. The molecule has 0 aliphatic carbocycles. The molecule has 1 unspecified atom stereocenters. The van der Waals surface area contributed by atoms with E-state index in [1.807, 2.05) is 0 Å². The molecule has 0 heterocycles. The molecular weight excluding hydrogens is 466 g/mol. The van der Waals surface area contributed by atoms with Gasteiger partial charge in [-0.1, -0.05) is 6.07 Å². The van der Waals surface area contributed by atoms with Crippen molar-refractivity contribution in [3.05, 3.63) is 23.8 Å². The first-order valence-corrected chi connectivity index (χ1v) is 7.79. The minimum absolute atomic E-state index is 0. The third-order valence-electron chi connectivity index (χ3n) is 3.26. The number of aliphatic hydroxyl groups excluding tert-OH is 1. The van der Waals surface area contributed by atoms with E-state index in [0.717, 1.165) is 0 Å². The van der Waals surface area contributed by atoms with Gasteiger partial charge in [0, 0.05) is 13.1 Å². The molecule has 0 spiro atoms. The molecule has 0 saturated carbocycles. The largest absolute Gasteiger partial charge is 0.493 e. The number of methoxy groups -OCH3 is 2. The van der Waals surface area contributed by atoms with Gasteiger partial charge in [-0.3, -0.25) is 4.99 Å². The molecule has 1 aromatic carbocycles. The summed E-state index contributed by atoms with van der Waals surface area (Å²) in [5, 5.41) is 15.7. The Morgan fingerprint density at radius 2 is 1.85 bits per heavy atom. The fourth-order valence-electron chi connectivity index (χ4n) is 2.01. The van der Waals surface area contributed by atoms with Crippen molar-refractivity contribution >= 4 is 29.9 Å². The third-order valence-corrected chi connectivity index (χ3v) is 3.26. The third kappa shape index (κ3) is 8.79. The van der Waals surface area contributed by atoms with Crippen molar-refractivity contribution in [1.29, 1.82) is 0 Å². The summed E-state index contributed by atoms with van der Waals surface area (Å²) in [6.45, 7) is 1.98. The fourth-order valence-corrected chi connectivity index (χ4v) is 2.01. The fraction of sp³-hybridized carbons (Fsp3) is 0.562. The lowest BCUT2D eigenvalue weighted by Crippen LogP contribution is -2.39. The Labute approximate surface area is 168 Å². The molecule has 3 N–H and O–H groups in total. The maximum absolute atomic E-state index is 12.2. The number of aliphatic imine (C=N–C) groups is 1. The zero-order chi connectivity index (χ0) is 18.9. The first kappa shape index (κ1) is 24.6. The summed E-state index contributed by atoms with van der Waals surface area (Å²) in [7, 11) is 2.99. The quantitative estimate of drug-likeness (QED) is 0.297. The van der Waals surface area contributed by atoms with Crippen LogP contribution in [0.2, 0.25) is 0 Å². The molecule has 0 fully saturated rings. The lowest BCUT2D eigenvalue weighted by molar-refractivity contribution is -0.132. The molecule has 10 heteroatoms. The molecule has 6 nitrogen and oxygen atoms in total. The summed E-state index contributed by atoms with van der Waals surface area (Å²) in [5.41, 5.74) is 0.563. The highest BCUT2D eigenvalue weighted by Crippen LogP contribution is 2.30. The van der Waals surface area contributed by atoms with Crippen LogP contribution in [0.4, 0.5) is 13.2 Å². The number of halogens is 4. The summed E-state index contributed by atoms with van der Waals surface area (Å²) in [5.74, 6) is 1.22. The molecular formula is C16H25F3IN3O3. The highest BCUT2D eigenvalue weighted by Gasteiger charge is 2.26. The number of hydrogen-bond acceptors (Lipinski definition) is 4. The van der Waals surface area contributed by atoms with Crippen molar-refractivity contribution in [3.63, 3.8) is 0 Å². The van der Waals surface area contributed by atoms with Gasteiger partial charge in [0.25, 0.3) is 0 Å². The van der Waals surface area contributed by atoms with Gasteiger partial charge in [-0.15, -0.1) is 24.0 Å². The molecule has 0 radical (unpaired) electrons. The van der Waals surface area contributed by atoms with E-state index in [4.69, 9.17) is 9.47 Å². The van der Waals surface area contributed by atoms with Crippen LogP contribution in [-0.2, 0) is 0 Å². The van der Waals surface area contributed by atoms with Crippen molar-refractivity contribution in [2.24, 2.45) is 4.99 Å². The Kier molecular flexibility index (Phi) is 11.4. The predicted octanol–water partition coefficient (Wildman–Crippen LogP) is 2.86. The number of aliphatic hydroxyl groups is 1. The lowest BCUT2D eigenvalue weighted by atomic mass is 10.1. The lowest BCUT2D eigenvalue weighted by Gasteiger charge is -2.15. The average Bonchev–Trinajstić information content (AvgIpc) is 2.57. The molecule has 150 valence electrons. The topological polar surface area (TPSA) is 75.1 Å². The van der Waals surface area contributed by atoms with Gasteiger partial charge in [0.05, 0.1) is 33.3 Å². The van der Waals surface area contributed by atoms with Gasteiger partial charge in [-0.2, -0.15) is 13.2 Å². The molecule has 1 rings (SSSR count). The monoisotopic (exact) mass is 491 g/mol. The van der Waals surface area contributed by atoms with Gasteiger partial charge >= 0.3 is 6.18 Å². The van der Waals surface area contributed by atoms with Crippen LogP contribution in [0.3, 0.4) is 0 Å². The van der Waals surface area contributed by atoms with E-state index >= 15 is 0 Å². The molecule has 1 atom stereocenters. The SMILES string of the molecule is CCNC(=NCC(O)c1ccc(OC)c(OC)c1)NCCC(F)(F)F.I. The number of nitrogens with zero attached hydrogens (tertiary/aromatic N) is 1. The zero-order valence-electron chi connectivity index (χ0n) is 14.9. The van der Waals surface area contributed by atoms with Crippen molar-refractivity contribution in [2.45, 2.75) is 25.6 Å². The molecule has 1 aromatic rings. The highest BCUT2D eigenvalue weighted by molar-refractivity contribution is 14.0. The smallest absolute Gasteiger partial charge is 0.390 e. The highest BCUT2D eigenvalue weighted by atomic mass is 127. The van der Waals surface area contributed by atoms with E-state index in [1.54, 1.807) is 25.1 Å². The number of alkyl halides is 3. The molecule has 0 bridgehead atoms.